The molecule has 0 aliphatic carbocycles. The van der Waals surface area contributed by atoms with E-state index < -0.39 is 0 Å². The second-order valence-corrected chi connectivity index (χ2v) is 5.22. The van der Waals surface area contributed by atoms with E-state index in [4.69, 9.17) is 0 Å². The fourth-order valence-electron chi connectivity index (χ4n) is 1.97. The number of nitro groups is 1. The minimum absolute atomic E-state index is 0.158. The van der Waals surface area contributed by atoms with E-state index in [1.807, 2.05) is 13.1 Å². The van der Waals surface area contributed by atoms with E-state index in [-0.39, 0.29) is 10.6 Å². The Balaban J connectivity index is 3.09. The molecule has 94 valence electrons. The van der Waals surface area contributed by atoms with Crippen molar-refractivity contribution in [3.63, 3.8) is 0 Å². The summed E-state index contributed by atoms with van der Waals surface area (Å²) in [5.74, 6) is 0.382. The van der Waals surface area contributed by atoms with E-state index in [0.717, 1.165) is 9.99 Å². The fraction of sp³-hybridized carbons (Fsp3) is 0.500. The summed E-state index contributed by atoms with van der Waals surface area (Å²) < 4.78 is 0.964. The molecule has 0 heterocycles. The van der Waals surface area contributed by atoms with Crippen LogP contribution in [-0.4, -0.2) is 18.0 Å². The molecule has 4 nitrogen and oxygen atoms in total. The number of halogens is 1. The Morgan fingerprint density at radius 2 is 2.18 bits per heavy atom. The van der Waals surface area contributed by atoms with Gasteiger partial charge in [0.2, 0.25) is 0 Å². The van der Waals surface area contributed by atoms with Crippen molar-refractivity contribution in [2.75, 3.05) is 7.05 Å². The standard InChI is InChI=1S/C12H17IN2O2/c1-4-10(8(2)14-3)11-6-5-9(15(16)17)7-12(11)13/h5-8,10,14H,4H2,1-3H3. The lowest BCUT2D eigenvalue weighted by atomic mass is 9.90. The van der Waals surface area contributed by atoms with Gasteiger partial charge in [0.25, 0.3) is 5.69 Å². The molecule has 17 heavy (non-hydrogen) atoms. The number of likely N-dealkylation sites (N-methyl/N-ethyl adjacent to an activating group) is 1. The van der Waals surface area contributed by atoms with Gasteiger partial charge in [0, 0.05) is 21.7 Å². The summed E-state index contributed by atoms with van der Waals surface area (Å²) >= 11 is 2.18. The molecule has 0 amide bonds. The molecule has 0 fully saturated rings. The zero-order valence-corrected chi connectivity index (χ0v) is 12.4. The average molecular weight is 348 g/mol. The van der Waals surface area contributed by atoms with Crippen LogP contribution >= 0.6 is 22.6 Å². The van der Waals surface area contributed by atoms with Crippen molar-refractivity contribution in [3.05, 3.63) is 37.4 Å². The van der Waals surface area contributed by atoms with Crippen LogP contribution < -0.4 is 5.32 Å². The van der Waals surface area contributed by atoms with E-state index >= 15 is 0 Å². The lowest BCUT2D eigenvalue weighted by molar-refractivity contribution is -0.385. The van der Waals surface area contributed by atoms with Gasteiger partial charge < -0.3 is 5.32 Å². The molecule has 1 aromatic carbocycles. The van der Waals surface area contributed by atoms with Crippen LogP contribution in [0, 0.1) is 13.7 Å². The second-order valence-electron chi connectivity index (χ2n) is 4.06. The van der Waals surface area contributed by atoms with Crippen molar-refractivity contribution in [2.45, 2.75) is 32.2 Å². The molecule has 0 aliphatic rings. The van der Waals surface area contributed by atoms with Crippen molar-refractivity contribution in [1.29, 1.82) is 0 Å². The van der Waals surface area contributed by atoms with Crippen LogP contribution in [0.25, 0.3) is 0 Å². The first kappa shape index (κ1) is 14.4. The molecule has 0 saturated heterocycles. The van der Waals surface area contributed by atoms with Gasteiger partial charge in [0.05, 0.1) is 4.92 Å². The van der Waals surface area contributed by atoms with Crippen molar-refractivity contribution >= 4 is 28.3 Å². The molecular weight excluding hydrogens is 331 g/mol. The predicted molar refractivity (Wildman–Crippen MR) is 77.4 cm³/mol. The van der Waals surface area contributed by atoms with E-state index in [9.17, 15) is 10.1 Å². The number of benzene rings is 1. The van der Waals surface area contributed by atoms with Gasteiger partial charge in [-0.2, -0.15) is 0 Å². The minimum atomic E-state index is -0.353. The highest BCUT2D eigenvalue weighted by Gasteiger charge is 2.20. The van der Waals surface area contributed by atoms with E-state index in [2.05, 4.69) is 41.8 Å². The first-order valence-corrected chi connectivity index (χ1v) is 6.70. The Hall–Kier alpha value is -0.690. The van der Waals surface area contributed by atoms with Crippen LogP contribution in [0.1, 0.15) is 31.7 Å². The molecule has 1 aromatic rings. The van der Waals surface area contributed by atoms with Gasteiger partial charge in [-0.1, -0.05) is 13.0 Å². The monoisotopic (exact) mass is 348 g/mol. The van der Waals surface area contributed by atoms with Gasteiger partial charge in [-0.3, -0.25) is 10.1 Å². The number of rotatable bonds is 5. The summed E-state index contributed by atoms with van der Waals surface area (Å²) in [6.45, 7) is 4.27. The zero-order chi connectivity index (χ0) is 13.0. The van der Waals surface area contributed by atoms with E-state index in [1.165, 1.54) is 5.56 Å². The molecule has 2 unspecified atom stereocenters. The summed E-state index contributed by atoms with van der Waals surface area (Å²) in [7, 11) is 1.94. The van der Waals surface area contributed by atoms with Gasteiger partial charge in [-0.15, -0.1) is 0 Å². The van der Waals surface area contributed by atoms with Crippen LogP contribution in [-0.2, 0) is 0 Å². The third kappa shape index (κ3) is 3.38. The molecule has 0 spiro atoms. The van der Waals surface area contributed by atoms with Crippen molar-refractivity contribution in [3.8, 4) is 0 Å². The number of nitro benzene ring substituents is 1. The Labute approximate surface area is 115 Å². The summed E-state index contributed by atoms with van der Waals surface area (Å²) in [6, 6.07) is 5.46. The summed E-state index contributed by atoms with van der Waals surface area (Å²) in [5, 5.41) is 13.9. The number of non-ortho nitro benzene ring substituents is 1. The van der Waals surface area contributed by atoms with Crippen LogP contribution in [0.4, 0.5) is 5.69 Å². The first-order valence-electron chi connectivity index (χ1n) is 5.62. The van der Waals surface area contributed by atoms with Gasteiger partial charge in [0.1, 0.15) is 0 Å². The molecule has 0 saturated carbocycles. The maximum Gasteiger partial charge on any atom is 0.270 e. The maximum atomic E-state index is 10.7. The molecule has 1 rings (SSSR count). The molecule has 0 aromatic heterocycles. The van der Waals surface area contributed by atoms with E-state index in [1.54, 1.807) is 12.1 Å². The molecular formula is C12H17IN2O2. The maximum absolute atomic E-state index is 10.7. The van der Waals surface area contributed by atoms with Crippen molar-refractivity contribution < 1.29 is 4.92 Å². The SMILES string of the molecule is CCC(c1ccc([N+](=O)[O-])cc1I)C(C)NC. The Morgan fingerprint density at radius 1 is 1.53 bits per heavy atom. The Kier molecular flexibility index (Phi) is 5.32. The lowest BCUT2D eigenvalue weighted by Gasteiger charge is -2.23. The quantitative estimate of drug-likeness (QED) is 0.505. The van der Waals surface area contributed by atoms with Gasteiger partial charge in [-0.25, -0.2) is 0 Å². The third-order valence-corrected chi connectivity index (χ3v) is 4.03. The molecule has 0 radical (unpaired) electrons. The Morgan fingerprint density at radius 3 is 2.59 bits per heavy atom. The zero-order valence-electron chi connectivity index (χ0n) is 10.2. The number of nitrogens with one attached hydrogen (secondary N) is 1. The molecule has 5 heteroatoms. The first-order chi connectivity index (χ1) is 8.01. The molecule has 0 bridgehead atoms. The third-order valence-electron chi connectivity index (χ3n) is 3.09. The molecule has 1 N–H and O–H groups in total. The van der Waals surface area contributed by atoms with Gasteiger partial charge in [-0.05, 0) is 54.5 Å². The van der Waals surface area contributed by atoms with Crippen molar-refractivity contribution in [2.24, 2.45) is 0 Å². The molecule has 2 atom stereocenters. The largest absolute Gasteiger partial charge is 0.317 e. The van der Waals surface area contributed by atoms with Crippen LogP contribution in [0.5, 0.6) is 0 Å². The normalized spacial score (nSPS) is 14.4. The highest BCUT2D eigenvalue weighted by Crippen LogP contribution is 2.30. The van der Waals surface area contributed by atoms with Crippen LogP contribution in [0.15, 0.2) is 18.2 Å². The van der Waals surface area contributed by atoms with Gasteiger partial charge in [0.15, 0.2) is 0 Å². The number of hydrogen-bond donors (Lipinski definition) is 1. The summed E-state index contributed by atoms with van der Waals surface area (Å²) in [6.07, 6.45) is 1.01. The highest BCUT2D eigenvalue weighted by atomic mass is 127. The minimum Gasteiger partial charge on any atom is -0.317 e. The van der Waals surface area contributed by atoms with Gasteiger partial charge >= 0.3 is 0 Å². The summed E-state index contributed by atoms with van der Waals surface area (Å²) in [5.41, 5.74) is 1.34. The number of nitrogens with zero attached hydrogens (tertiary/aromatic N) is 1. The van der Waals surface area contributed by atoms with E-state index in [0.29, 0.717) is 12.0 Å². The average Bonchev–Trinajstić information content (AvgIpc) is 2.31. The van der Waals surface area contributed by atoms with Crippen LogP contribution in [0.3, 0.4) is 0 Å². The topological polar surface area (TPSA) is 55.2 Å². The Bertz CT molecular complexity index is 409. The number of hydrogen-bond acceptors (Lipinski definition) is 3. The van der Waals surface area contributed by atoms with Crippen molar-refractivity contribution in [1.82, 2.24) is 5.32 Å². The highest BCUT2D eigenvalue weighted by molar-refractivity contribution is 14.1. The summed E-state index contributed by atoms with van der Waals surface area (Å²) in [4.78, 5) is 10.3. The molecule has 0 aliphatic heterocycles. The smallest absolute Gasteiger partial charge is 0.270 e. The fourth-order valence-corrected chi connectivity index (χ4v) is 2.87. The van der Waals surface area contributed by atoms with Crippen LogP contribution in [0.2, 0.25) is 0 Å². The predicted octanol–water partition coefficient (Wildman–Crippen LogP) is 3.30. The lowest BCUT2D eigenvalue weighted by Crippen LogP contribution is -2.29. The second kappa shape index (κ2) is 6.30.